The van der Waals surface area contributed by atoms with Crippen LogP contribution in [0.15, 0.2) is 30.4 Å². The van der Waals surface area contributed by atoms with Crippen molar-refractivity contribution in [3.8, 4) is 11.5 Å². The van der Waals surface area contributed by atoms with Crippen LogP contribution >= 0.6 is 0 Å². The molecule has 1 amide bonds. The Bertz CT molecular complexity index is 671. The number of carbonyl (C=O) groups is 2. The lowest BCUT2D eigenvalue weighted by Gasteiger charge is -2.21. The molecule has 1 saturated heterocycles. The molecule has 0 spiro atoms. The first-order chi connectivity index (χ1) is 11.0. The molecule has 0 saturated carbocycles. The van der Waals surface area contributed by atoms with E-state index in [0.717, 1.165) is 0 Å². The minimum absolute atomic E-state index is 0.388. The topological polar surface area (TPSA) is 94.1 Å². The normalized spacial score (nSPS) is 27.7. The van der Waals surface area contributed by atoms with Gasteiger partial charge in [-0.25, -0.2) is 0 Å². The van der Waals surface area contributed by atoms with E-state index in [9.17, 15) is 14.7 Å². The van der Waals surface area contributed by atoms with Crippen molar-refractivity contribution < 1.29 is 28.9 Å². The number of carboxylic acid groups (broad SMARTS) is 1. The van der Waals surface area contributed by atoms with E-state index in [1.165, 1.54) is 14.2 Å². The molecule has 2 heterocycles. The number of aliphatic carboxylic acids is 1. The molecule has 0 radical (unpaired) electrons. The van der Waals surface area contributed by atoms with Gasteiger partial charge in [0.05, 0.1) is 32.3 Å². The first-order valence-corrected chi connectivity index (χ1v) is 7.14. The maximum absolute atomic E-state index is 12.5. The lowest BCUT2D eigenvalue weighted by Crippen LogP contribution is -2.39. The standard InChI is InChI=1S/C16H17NO6/c1-21-9-4-3-8(7-12(9)22-2)17-15(18)13-10-5-6-11(23-10)14(13)16(19)20/h3-7,10-11,13-14H,1-2H3,(H,17,18)(H,19,20)/t10-,11+,13-,14+/m1/s1. The van der Waals surface area contributed by atoms with Gasteiger partial charge in [0, 0.05) is 11.8 Å². The van der Waals surface area contributed by atoms with Crippen molar-refractivity contribution in [3.05, 3.63) is 30.4 Å². The van der Waals surface area contributed by atoms with E-state index < -0.39 is 30.0 Å². The SMILES string of the molecule is COc1ccc(NC(=O)[C@H]2[C@@H](C(=O)O)[C@@H]3C=C[C@H]2O3)cc1OC. The average Bonchev–Trinajstić information content (AvgIpc) is 3.15. The largest absolute Gasteiger partial charge is 0.493 e. The van der Waals surface area contributed by atoms with Gasteiger partial charge in [0.25, 0.3) is 0 Å². The quantitative estimate of drug-likeness (QED) is 0.795. The van der Waals surface area contributed by atoms with Crippen LogP contribution in [0.5, 0.6) is 11.5 Å². The number of nitrogens with one attached hydrogen (secondary N) is 1. The van der Waals surface area contributed by atoms with E-state index in [0.29, 0.717) is 17.2 Å². The van der Waals surface area contributed by atoms with Crippen LogP contribution in [-0.2, 0) is 14.3 Å². The number of amides is 1. The summed E-state index contributed by atoms with van der Waals surface area (Å²) >= 11 is 0. The molecule has 2 aliphatic rings. The fourth-order valence-electron chi connectivity index (χ4n) is 3.05. The van der Waals surface area contributed by atoms with Gasteiger partial charge < -0.3 is 24.6 Å². The van der Waals surface area contributed by atoms with E-state index in [2.05, 4.69) is 5.32 Å². The molecular formula is C16H17NO6. The van der Waals surface area contributed by atoms with Gasteiger partial charge in [-0.15, -0.1) is 0 Å². The Hall–Kier alpha value is -2.54. The summed E-state index contributed by atoms with van der Waals surface area (Å²) in [6.07, 6.45) is 2.40. The minimum Gasteiger partial charge on any atom is -0.493 e. The fourth-order valence-corrected chi connectivity index (χ4v) is 3.05. The fraction of sp³-hybridized carbons (Fsp3) is 0.375. The van der Waals surface area contributed by atoms with Crippen LogP contribution in [0.2, 0.25) is 0 Å². The number of carboxylic acids is 1. The highest BCUT2D eigenvalue weighted by atomic mass is 16.5. The lowest BCUT2D eigenvalue weighted by atomic mass is 9.82. The van der Waals surface area contributed by atoms with Gasteiger partial charge in [-0.3, -0.25) is 9.59 Å². The highest BCUT2D eigenvalue weighted by Gasteiger charge is 2.53. The molecule has 3 rings (SSSR count). The Balaban J connectivity index is 1.79. The van der Waals surface area contributed by atoms with Gasteiger partial charge in [0.1, 0.15) is 5.92 Å². The van der Waals surface area contributed by atoms with Crippen LogP contribution in [-0.4, -0.2) is 43.4 Å². The predicted molar refractivity (Wildman–Crippen MR) is 80.6 cm³/mol. The molecule has 1 fully saturated rings. The van der Waals surface area contributed by atoms with Crippen molar-refractivity contribution in [1.29, 1.82) is 0 Å². The zero-order chi connectivity index (χ0) is 16.6. The number of hydrogen-bond donors (Lipinski definition) is 2. The summed E-state index contributed by atoms with van der Waals surface area (Å²) in [5.41, 5.74) is 0.503. The third-order valence-corrected chi connectivity index (χ3v) is 4.14. The van der Waals surface area contributed by atoms with Crippen LogP contribution in [0.1, 0.15) is 0 Å². The van der Waals surface area contributed by atoms with Crippen LogP contribution in [0.4, 0.5) is 5.69 Å². The van der Waals surface area contributed by atoms with Crippen molar-refractivity contribution in [2.24, 2.45) is 11.8 Å². The average molecular weight is 319 g/mol. The van der Waals surface area contributed by atoms with Crippen molar-refractivity contribution in [2.75, 3.05) is 19.5 Å². The number of ether oxygens (including phenoxy) is 3. The van der Waals surface area contributed by atoms with Gasteiger partial charge in [0.2, 0.25) is 5.91 Å². The Morgan fingerprint density at radius 1 is 1.09 bits per heavy atom. The summed E-state index contributed by atoms with van der Waals surface area (Å²) in [5.74, 6) is -2.03. The van der Waals surface area contributed by atoms with Gasteiger partial charge in [-0.05, 0) is 12.1 Å². The second-order valence-corrected chi connectivity index (χ2v) is 5.40. The van der Waals surface area contributed by atoms with Crippen molar-refractivity contribution in [3.63, 3.8) is 0 Å². The number of anilines is 1. The smallest absolute Gasteiger partial charge is 0.310 e. The van der Waals surface area contributed by atoms with Gasteiger partial charge in [0.15, 0.2) is 11.5 Å². The predicted octanol–water partition coefficient (Wildman–Crippen LogP) is 1.30. The molecule has 0 aromatic heterocycles. The zero-order valence-corrected chi connectivity index (χ0v) is 12.7. The summed E-state index contributed by atoms with van der Waals surface area (Å²) in [5, 5.41) is 12.1. The van der Waals surface area contributed by atoms with E-state index in [4.69, 9.17) is 14.2 Å². The summed E-state index contributed by atoms with van der Waals surface area (Å²) in [6.45, 7) is 0. The molecular weight excluding hydrogens is 302 g/mol. The first kappa shape index (κ1) is 15.4. The second-order valence-electron chi connectivity index (χ2n) is 5.40. The number of methoxy groups -OCH3 is 2. The van der Waals surface area contributed by atoms with Gasteiger partial charge in [-0.2, -0.15) is 0 Å². The Morgan fingerprint density at radius 2 is 1.74 bits per heavy atom. The van der Waals surface area contributed by atoms with Crippen molar-refractivity contribution >= 4 is 17.6 Å². The number of rotatable bonds is 5. The van der Waals surface area contributed by atoms with E-state index >= 15 is 0 Å². The number of hydrogen-bond acceptors (Lipinski definition) is 5. The zero-order valence-electron chi connectivity index (χ0n) is 12.7. The maximum Gasteiger partial charge on any atom is 0.310 e. The summed E-state index contributed by atoms with van der Waals surface area (Å²) in [4.78, 5) is 23.9. The van der Waals surface area contributed by atoms with Gasteiger partial charge >= 0.3 is 5.97 Å². The van der Waals surface area contributed by atoms with E-state index in [1.807, 2.05) is 0 Å². The number of fused-ring (bicyclic) bond motifs is 2. The molecule has 2 bridgehead atoms. The summed E-state index contributed by atoms with van der Waals surface area (Å²) in [6, 6.07) is 4.95. The Morgan fingerprint density at radius 3 is 2.35 bits per heavy atom. The highest BCUT2D eigenvalue weighted by molar-refractivity contribution is 5.96. The molecule has 1 aromatic carbocycles. The highest BCUT2D eigenvalue weighted by Crippen LogP contribution is 2.40. The lowest BCUT2D eigenvalue weighted by molar-refractivity contribution is -0.145. The molecule has 0 unspecified atom stereocenters. The molecule has 0 aliphatic carbocycles. The molecule has 2 aliphatic heterocycles. The molecule has 1 aromatic rings. The molecule has 4 atom stereocenters. The second kappa shape index (κ2) is 5.92. The molecule has 7 nitrogen and oxygen atoms in total. The molecule has 7 heteroatoms. The molecule has 23 heavy (non-hydrogen) atoms. The third kappa shape index (κ3) is 2.63. The number of benzene rings is 1. The van der Waals surface area contributed by atoms with Crippen LogP contribution in [0, 0.1) is 11.8 Å². The maximum atomic E-state index is 12.5. The number of carbonyl (C=O) groups excluding carboxylic acids is 1. The van der Waals surface area contributed by atoms with Crippen LogP contribution in [0.25, 0.3) is 0 Å². The van der Waals surface area contributed by atoms with E-state index in [-0.39, 0.29) is 5.91 Å². The summed E-state index contributed by atoms with van der Waals surface area (Å²) in [7, 11) is 3.02. The Kier molecular flexibility index (Phi) is 3.96. The molecule has 122 valence electrons. The Labute approximate surface area is 132 Å². The summed E-state index contributed by atoms with van der Waals surface area (Å²) < 4.78 is 15.8. The van der Waals surface area contributed by atoms with Crippen LogP contribution in [0.3, 0.4) is 0 Å². The molecule has 2 N–H and O–H groups in total. The minimum atomic E-state index is -1.03. The van der Waals surface area contributed by atoms with Crippen molar-refractivity contribution in [1.82, 2.24) is 0 Å². The monoisotopic (exact) mass is 319 g/mol. The van der Waals surface area contributed by atoms with Crippen molar-refractivity contribution in [2.45, 2.75) is 12.2 Å². The van der Waals surface area contributed by atoms with Gasteiger partial charge in [-0.1, -0.05) is 12.2 Å². The third-order valence-electron chi connectivity index (χ3n) is 4.14. The first-order valence-electron chi connectivity index (χ1n) is 7.14. The van der Waals surface area contributed by atoms with Crippen LogP contribution < -0.4 is 14.8 Å². The van der Waals surface area contributed by atoms with E-state index in [1.54, 1.807) is 30.4 Å².